The van der Waals surface area contributed by atoms with Gasteiger partial charge in [0.2, 0.25) is 0 Å². The smallest absolute Gasteiger partial charge is 0.251 e. The van der Waals surface area contributed by atoms with E-state index in [2.05, 4.69) is 10.1 Å². The highest BCUT2D eigenvalue weighted by Crippen LogP contribution is 2.22. The Balaban J connectivity index is 2.29. The third kappa shape index (κ3) is 1.79. The maximum Gasteiger partial charge on any atom is 0.251 e. The van der Waals surface area contributed by atoms with Crippen LogP contribution in [-0.4, -0.2) is 20.7 Å². The van der Waals surface area contributed by atoms with Gasteiger partial charge in [-0.1, -0.05) is 18.2 Å². The number of amides is 1. The number of fused-ring (bicyclic) bond motifs is 1. The SMILES string of the molecule is NC(=O)c1cnc(N)c2nn(-c3ccccc3)cc12. The second kappa shape index (κ2) is 4.09. The minimum absolute atomic E-state index is 0.273. The number of pyridine rings is 1. The number of primary amides is 1. The zero-order valence-corrected chi connectivity index (χ0v) is 9.95. The first-order valence-electron chi connectivity index (χ1n) is 5.66. The molecule has 0 radical (unpaired) electrons. The molecular weight excluding hydrogens is 242 g/mol. The average Bonchev–Trinajstić information content (AvgIpc) is 2.85. The number of benzene rings is 1. The van der Waals surface area contributed by atoms with Crippen LogP contribution in [0.5, 0.6) is 0 Å². The number of carbonyl (C=O) groups excluding carboxylic acids is 1. The van der Waals surface area contributed by atoms with E-state index >= 15 is 0 Å². The van der Waals surface area contributed by atoms with Crippen LogP contribution in [0.3, 0.4) is 0 Å². The van der Waals surface area contributed by atoms with Crippen LogP contribution in [0, 0.1) is 0 Å². The maximum absolute atomic E-state index is 11.4. The molecule has 1 amide bonds. The summed E-state index contributed by atoms with van der Waals surface area (Å²) in [6.45, 7) is 0. The Hall–Kier alpha value is -2.89. The molecule has 0 saturated carbocycles. The Morgan fingerprint density at radius 3 is 2.63 bits per heavy atom. The summed E-state index contributed by atoms with van der Waals surface area (Å²) in [6.07, 6.45) is 3.10. The van der Waals surface area contributed by atoms with Gasteiger partial charge in [0, 0.05) is 17.8 Å². The molecule has 3 aromatic rings. The van der Waals surface area contributed by atoms with Crippen molar-refractivity contribution in [1.82, 2.24) is 14.8 Å². The molecule has 4 N–H and O–H groups in total. The third-order valence-electron chi connectivity index (χ3n) is 2.87. The highest BCUT2D eigenvalue weighted by atomic mass is 16.1. The molecule has 2 aromatic heterocycles. The fourth-order valence-electron chi connectivity index (χ4n) is 1.93. The van der Waals surface area contributed by atoms with Crippen molar-refractivity contribution in [1.29, 1.82) is 0 Å². The van der Waals surface area contributed by atoms with Crippen LogP contribution >= 0.6 is 0 Å². The molecule has 0 aliphatic rings. The van der Waals surface area contributed by atoms with Gasteiger partial charge >= 0.3 is 0 Å². The molecule has 2 heterocycles. The Morgan fingerprint density at radius 2 is 1.95 bits per heavy atom. The Labute approximate surface area is 108 Å². The number of aromatic nitrogens is 3. The molecule has 1 aromatic carbocycles. The molecule has 6 nitrogen and oxygen atoms in total. The fourth-order valence-corrected chi connectivity index (χ4v) is 1.93. The summed E-state index contributed by atoms with van der Waals surface area (Å²) in [6, 6.07) is 9.52. The molecule has 0 spiro atoms. The maximum atomic E-state index is 11.4. The van der Waals surface area contributed by atoms with Crippen LogP contribution in [0.4, 0.5) is 5.82 Å². The molecule has 0 unspecified atom stereocenters. The summed E-state index contributed by atoms with van der Waals surface area (Å²) >= 11 is 0. The van der Waals surface area contributed by atoms with Crippen molar-refractivity contribution in [2.75, 3.05) is 5.73 Å². The Kier molecular flexibility index (Phi) is 2.42. The third-order valence-corrected chi connectivity index (χ3v) is 2.87. The highest BCUT2D eigenvalue weighted by Gasteiger charge is 2.14. The molecule has 0 fully saturated rings. The van der Waals surface area contributed by atoms with E-state index in [1.807, 2.05) is 30.3 Å². The lowest BCUT2D eigenvalue weighted by molar-refractivity contribution is 0.100. The van der Waals surface area contributed by atoms with E-state index in [0.717, 1.165) is 5.69 Å². The standard InChI is InChI=1S/C13H11N5O/c14-12-11-10(9(6-16-12)13(15)19)7-18(17-11)8-4-2-1-3-5-8/h1-7H,(H2,14,16)(H2,15,19). The van der Waals surface area contributed by atoms with E-state index in [1.54, 1.807) is 10.9 Å². The second-order valence-corrected chi connectivity index (χ2v) is 4.09. The molecule has 0 saturated heterocycles. The molecule has 0 bridgehead atoms. The van der Waals surface area contributed by atoms with E-state index < -0.39 is 5.91 Å². The van der Waals surface area contributed by atoms with Gasteiger partial charge in [-0.2, -0.15) is 5.10 Å². The van der Waals surface area contributed by atoms with Gasteiger partial charge in [-0.15, -0.1) is 0 Å². The number of nitrogens with zero attached hydrogens (tertiary/aromatic N) is 3. The van der Waals surface area contributed by atoms with Crippen molar-refractivity contribution in [3.05, 3.63) is 48.3 Å². The number of rotatable bonds is 2. The molecule has 19 heavy (non-hydrogen) atoms. The van der Waals surface area contributed by atoms with E-state index in [0.29, 0.717) is 16.5 Å². The van der Waals surface area contributed by atoms with Gasteiger partial charge in [0.15, 0.2) is 5.82 Å². The summed E-state index contributed by atoms with van der Waals surface area (Å²) in [5.41, 5.74) is 12.8. The van der Waals surface area contributed by atoms with Crippen molar-refractivity contribution < 1.29 is 4.79 Å². The van der Waals surface area contributed by atoms with Crippen molar-refractivity contribution in [2.24, 2.45) is 5.73 Å². The van der Waals surface area contributed by atoms with Crippen LogP contribution in [-0.2, 0) is 0 Å². The molecule has 94 valence electrons. The Morgan fingerprint density at radius 1 is 1.21 bits per heavy atom. The zero-order chi connectivity index (χ0) is 13.4. The number of carbonyl (C=O) groups is 1. The predicted octanol–water partition coefficient (Wildman–Crippen LogP) is 1.10. The van der Waals surface area contributed by atoms with Gasteiger partial charge in [-0.25, -0.2) is 9.67 Å². The van der Waals surface area contributed by atoms with Gasteiger partial charge in [0.25, 0.3) is 5.91 Å². The zero-order valence-electron chi connectivity index (χ0n) is 9.95. The van der Waals surface area contributed by atoms with Crippen molar-refractivity contribution in [3.8, 4) is 5.69 Å². The number of nitrogen functional groups attached to an aromatic ring is 1. The lowest BCUT2D eigenvalue weighted by Gasteiger charge is -1.98. The minimum atomic E-state index is -0.551. The van der Waals surface area contributed by atoms with Gasteiger partial charge in [0.1, 0.15) is 5.52 Å². The van der Waals surface area contributed by atoms with Crippen LogP contribution < -0.4 is 11.5 Å². The fraction of sp³-hybridized carbons (Fsp3) is 0. The first-order valence-corrected chi connectivity index (χ1v) is 5.66. The number of para-hydroxylation sites is 1. The van der Waals surface area contributed by atoms with Crippen molar-refractivity contribution in [2.45, 2.75) is 0 Å². The van der Waals surface area contributed by atoms with Gasteiger partial charge in [0.05, 0.1) is 11.3 Å². The average molecular weight is 253 g/mol. The van der Waals surface area contributed by atoms with E-state index in [-0.39, 0.29) is 5.82 Å². The largest absolute Gasteiger partial charge is 0.382 e. The first-order chi connectivity index (χ1) is 9.16. The number of hydrogen-bond donors (Lipinski definition) is 2. The predicted molar refractivity (Wildman–Crippen MR) is 71.8 cm³/mol. The van der Waals surface area contributed by atoms with Gasteiger partial charge in [-0.05, 0) is 12.1 Å². The first kappa shape index (κ1) is 11.2. The monoisotopic (exact) mass is 253 g/mol. The van der Waals surface area contributed by atoms with E-state index in [4.69, 9.17) is 11.5 Å². The Bertz CT molecular complexity index is 763. The molecule has 3 rings (SSSR count). The van der Waals surface area contributed by atoms with Crippen LogP contribution in [0.25, 0.3) is 16.6 Å². The molecular formula is C13H11N5O. The lowest BCUT2D eigenvalue weighted by atomic mass is 10.2. The van der Waals surface area contributed by atoms with Crippen molar-refractivity contribution in [3.63, 3.8) is 0 Å². The lowest BCUT2D eigenvalue weighted by Crippen LogP contribution is -2.12. The van der Waals surface area contributed by atoms with E-state index in [9.17, 15) is 4.79 Å². The van der Waals surface area contributed by atoms with Crippen LogP contribution in [0.15, 0.2) is 42.7 Å². The number of hydrogen-bond acceptors (Lipinski definition) is 4. The minimum Gasteiger partial charge on any atom is -0.382 e. The molecule has 0 aliphatic heterocycles. The highest BCUT2D eigenvalue weighted by molar-refractivity contribution is 6.07. The quantitative estimate of drug-likeness (QED) is 0.714. The molecule has 0 atom stereocenters. The van der Waals surface area contributed by atoms with Gasteiger partial charge in [-0.3, -0.25) is 4.79 Å². The van der Waals surface area contributed by atoms with Crippen molar-refractivity contribution >= 4 is 22.6 Å². The van der Waals surface area contributed by atoms with Crippen LogP contribution in [0.1, 0.15) is 10.4 Å². The summed E-state index contributed by atoms with van der Waals surface area (Å²) in [5, 5.41) is 4.95. The summed E-state index contributed by atoms with van der Waals surface area (Å²) in [5.74, 6) is -0.278. The summed E-state index contributed by atoms with van der Waals surface area (Å²) in [4.78, 5) is 15.3. The molecule has 6 heteroatoms. The normalized spacial score (nSPS) is 10.7. The topological polar surface area (TPSA) is 99.8 Å². The van der Waals surface area contributed by atoms with Gasteiger partial charge < -0.3 is 11.5 Å². The van der Waals surface area contributed by atoms with Crippen LogP contribution in [0.2, 0.25) is 0 Å². The second-order valence-electron chi connectivity index (χ2n) is 4.09. The molecule has 0 aliphatic carbocycles. The number of nitrogens with two attached hydrogens (primary N) is 2. The number of anilines is 1. The van der Waals surface area contributed by atoms with E-state index in [1.165, 1.54) is 6.20 Å². The summed E-state index contributed by atoms with van der Waals surface area (Å²) in [7, 11) is 0. The summed E-state index contributed by atoms with van der Waals surface area (Å²) < 4.78 is 1.65.